The molecule has 0 aromatic heterocycles. The van der Waals surface area contributed by atoms with Crippen LogP contribution in [0.4, 0.5) is 24.5 Å². The molecule has 1 N–H and O–H groups in total. The highest BCUT2D eigenvalue weighted by molar-refractivity contribution is 8.13. The summed E-state index contributed by atoms with van der Waals surface area (Å²) in [5.74, 6) is -1.39. The quantitative estimate of drug-likeness (QED) is 0.375. The average Bonchev–Trinajstić information content (AvgIpc) is 2.82. The number of nitrogens with zero attached hydrogens (tertiary/aromatic N) is 2. The number of ether oxygens (including phenoxy) is 1. The van der Waals surface area contributed by atoms with Gasteiger partial charge in [0, 0.05) is 24.1 Å². The molecule has 0 aliphatic rings. The molecule has 0 fully saturated rings. The van der Waals surface area contributed by atoms with Crippen LogP contribution in [0.25, 0.3) is 0 Å². The van der Waals surface area contributed by atoms with Gasteiger partial charge < -0.3 is 15.0 Å². The maximum Gasteiger partial charge on any atom is 0.246 e. The van der Waals surface area contributed by atoms with Crippen molar-refractivity contribution in [2.45, 2.75) is 5.75 Å². The molecule has 0 radical (unpaired) electrons. The summed E-state index contributed by atoms with van der Waals surface area (Å²) in [5.41, 5.74) is 0.995. The Balaban J connectivity index is 1.72. The molecule has 33 heavy (non-hydrogen) atoms. The summed E-state index contributed by atoms with van der Waals surface area (Å²) >= 11 is 1.03. The summed E-state index contributed by atoms with van der Waals surface area (Å²) < 4.78 is 46.4. The molecule has 0 aliphatic heterocycles. The van der Waals surface area contributed by atoms with Gasteiger partial charge in [-0.1, -0.05) is 17.8 Å². The smallest absolute Gasteiger partial charge is 0.246 e. The first kappa shape index (κ1) is 24.2. The van der Waals surface area contributed by atoms with Crippen molar-refractivity contribution in [1.82, 2.24) is 5.32 Å². The lowest BCUT2D eigenvalue weighted by Crippen LogP contribution is -2.37. The van der Waals surface area contributed by atoms with Gasteiger partial charge in [0.05, 0.1) is 19.3 Å². The van der Waals surface area contributed by atoms with Gasteiger partial charge in [0.2, 0.25) is 5.91 Å². The number of carbonyl (C=O) groups excluding carboxylic acids is 1. The van der Waals surface area contributed by atoms with E-state index in [0.29, 0.717) is 17.1 Å². The standard InChI is InChI=1S/C24H22F3N3O2S/c1-30(18-10-12-19(32-2)13-11-18)23(31)14-28-24(29-17-8-6-16(25)7-9-17)33-15-20-21(26)4-3-5-22(20)27/h3-13H,14-15H2,1-2H3,(H,28,29). The number of anilines is 1. The number of likely N-dealkylation sites (N-methyl/N-ethyl adjacent to an activating group) is 1. The first-order valence-corrected chi connectivity index (χ1v) is 10.9. The molecule has 3 rings (SSSR count). The second-order valence-corrected chi connectivity index (χ2v) is 7.85. The van der Waals surface area contributed by atoms with Gasteiger partial charge in [-0.15, -0.1) is 0 Å². The van der Waals surface area contributed by atoms with E-state index in [1.54, 1.807) is 38.4 Å². The third kappa shape index (κ3) is 6.76. The van der Waals surface area contributed by atoms with Crippen LogP contribution in [0.1, 0.15) is 5.56 Å². The van der Waals surface area contributed by atoms with Crippen LogP contribution >= 0.6 is 11.8 Å². The summed E-state index contributed by atoms with van der Waals surface area (Å²) in [6.07, 6.45) is 0. The Hall–Kier alpha value is -3.46. The number of nitrogens with one attached hydrogen (secondary N) is 1. The van der Waals surface area contributed by atoms with Crippen molar-refractivity contribution < 1.29 is 22.7 Å². The number of aliphatic imine (C=N–C) groups is 1. The van der Waals surface area contributed by atoms with E-state index in [1.165, 1.54) is 47.4 Å². The minimum atomic E-state index is -0.668. The average molecular weight is 474 g/mol. The van der Waals surface area contributed by atoms with Crippen LogP contribution in [-0.4, -0.2) is 31.8 Å². The summed E-state index contributed by atoms with van der Waals surface area (Å²) in [6.45, 7) is -0.116. The Kier molecular flexibility index (Phi) is 8.37. The number of hydrogen-bond acceptors (Lipinski definition) is 4. The van der Waals surface area contributed by atoms with Crippen molar-refractivity contribution in [2.75, 3.05) is 25.6 Å². The zero-order chi connectivity index (χ0) is 23.8. The zero-order valence-electron chi connectivity index (χ0n) is 18.0. The van der Waals surface area contributed by atoms with Gasteiger partial charge in [-0.2, -0.15) is 0 Å². The first-order chi connectivity index (χ1) is 15.9. The molecule has 5 nitrogen and oxygen atoms in total. The number of carbonyl (C=O) groups is 1. The molecule has 3 aromatic carbocycles. The van der Waals surface area contributed by atoms with Crippen LogP contribution in [0.3, 0.4) is 0 Å². The van der Waals surface area contributed by atoms with E-state index in [4.69, 9.17) is 4.74 Å². The van der Waals surface area contributed by atoms with E-state index in [9.17, 15) is 18.0 Å². The molecule has 9 heteroatoms. The predicted octanol–water partition coefficient (Wildman–Crippen LogP) is 5.29. The van der Waals surface area contributed by atoms with E-state index < -0.39 is 17.5 Å². The summed E-state index contributed by atoms with van der Waals surface area (Å²) in [4.78, 5) is 18.5. The fourth-order valence-electron chi connectivity index (χ4n) is 2.79. The SMILES string of the molecule is COc1ccc(N(C)C(=O)CNC(=Nc2ccc(F)cc2)SCc2c(F)cccc2F)cc1. The van der Waals surface area contributed by atoms with Crippen molar-refractivity contribution in [1.29, 1.82) is 0 Å². The van der Waals surface area contributed by atoms with E-state index >= 15 is 0 Å². The van der Waals surface area contributed by atoms with E-state index in [1.807, 2.05) is 0 Å². The molecule has 0 aliphatic carbocycles. The lowest BCUT2D eigenvalue weighted by molar-refractivity contribution is -0.117. The lowest BCUT2D eigenvalue weighted by Gasteiger charge is -2.19. The third-order valence-electron chi connectivity index (χ3n) is 4.70. The zero-order valence-corrected chi connectivity index (χ0v) is 18.8. The number of thioether (sulfide) groups is 1. The van der Waals surface area contributed by atoms with Gasteiger partial charge in [0.1, 0.15) is 23.2 Å². The normalized spacial score (nSPS) is 11.2. The second kappa shape index (κ2) is 11.4. The second-order valence-electron chi connectivity index (χ2n) is 6.89. The minimum Gasteiger partial charge on any atom is -0.497 e. The largest absolute Gasteiger partial charge is 0.497 e. The van der Waals surface area contributed by atoms with Gasteiger partial charge in [-0.3, -0.25) is 4.79 Å². The Bertz CT molecular complexity index is 1100. The van der Waals surface area contributed by atoms with Crippen molar-refractivity contribution in [3.05, 3.63) is 89.7 Å². The number of halogens is 3. The van der Waals surface area contributed by atoms with Crippen LogP contribution < -0.4 is 15.0 Å². The molecular formula is C24H22F3N3O2S. The molecule has 0 heterocycles. The van der Waals surface area contributed by atoms with Crippen LogP contribution in [-0.2, 0) is 10.5 Å². The highest BCUT2D eigenvalue weighted by Crippen LogP contribution is 2.22. The molecule has 0 unspecified atom stereocenters. The highest BCUT2D eigenvalue weighted by atomic mass is 32.2. The van der Waals surface area contributed by atoms with Crippen molar-refractivity contribution in [2.24, 2.45) is 4.99 Å². The topological polar surface area (TPSA) is 53.9 Å². The van der Waals surface area contributed by atoms with Gasteiger partial charge in [-0.05, 0) is 60.7 Å². The Morgan fingerprint density at radius 2 is 1.64 bits per heavy atom. The molecule has 3 aromatic rings. The lowest BCUT2D eigenvalue weighted by atomic mass is 10.2. The fraction of sp³-hybridized carbons (Fsp3) is 0.167. The van der Waals surface area contributed by atoms with Gasteiger partial charge in [0.15, 0.2) is 5.17 Å². The molecule has 0 saturated heterocycles. The summed E-state index contributed by atoms with van der Waals surface area (Å²) in [5, 5.41) is 3.19. The van der Waals surface area contributed by atoms with Crippen molar-refractivity contribution in [3.63, 3.8) is 0 Å². The molecule has 1 amide bonds. The Morgan fingerprint density at radius 3 is 2.24 bits per heavy atom. The number of rotatable bonds is 7. The number of amides is 1. The number of benzene rings is 3. The van der Waals surface area contributed by atoms with Crippen molar-refractivity contribution in [3.8, 4) is 5.75 Å². The molecular weight excluding hydrogens is 451 g/mol. The molecule has 0 spiro atoms. The van der Waals surface area contributed by atoms with Crippen LogP contribution in [0.2, 0.25) is 0 Å². The maximum absolute atomic E-state index is 14.0. The third-order valence-corrected chi connectivity index (χ3v) is 5.64. The predicted molar refractivity (Wildman–Crippen MR) is 126 cm³/mol. The molecule has 172 valence electrons. The van der Waals surface area contributed by atoms with Crippen LogP contribution in [0, 0.1) is 17.5 Å². The van der Waals surface area contributed by atoms with E-state index in [-0.39, 0.29) is 28.9 Å². The Labute approximate surface area is 194 Å². The first-order valence-electron chi connectivity index (χ1n) is 9.92. The van der Waals surface area contributed by atoms with Gasteiger partial charge >= 0.3 is 0 Å². The van der Waals surface area contributed by atoms with Crippen LogP contribution in [0.15, 0.2) is 71.7 Å². The maximum atomic E-state index is 14.0. The van der Waals surface area contributed by atoms with Crippen LogP contribution in [0.5, 0.6) is 5.75 Å². The van der Waals surface area contributed by atoms with Gasteiger partial charge in [-0.25, -0.2) is 18.2 Å². The van der Waals surface area contributed by atoms with E-state index in [0.717, 1.165) is 11.8 Å². The molecule has 0 saturated carbocycles. The summed E-state index contributed by atoms with van der Waals surface area (Å²) in [7, 11) is 3.19. The van der Waals surface area contributed by atoms with Gasteiger partial charge in [0.25, 0.3) is 0 Å². The minimum absolute atomic E-state index is 0.0476. The van der Waals surface area contributed by atoms with Crippen molar-refractivity contribution >= 4 is 34.2 Å². The fourth-order valence-corrected chi connectivity index (χ4v) is 3.69. The molecule has 0 atom stereocenters. The number of amidine groups is 1. The summed E-state index contributed by atoms with van der Waals surface area (Å²) in [6, 6.07) is 16.1. The van der Waals surface area contributed by atoms with E-state index in [2.05, 4.69) is 10.3 Å². The number of hydrogen-bond donors (Lipinski definition) is 1. The Morgan fingerprint density at radius 1 is 1.00 bits per heavy atom. The highest BCUT2D eigenvalue weighted by Gasteiger charge is 2.14. The number of methoxy groups -OCH3 is 1. The monoisotopic (exact) mass is 473 g/mol. The molecule has 0 bridgehead atoms.